The lowest BCUT2D eigenvalue weighted by Gasteiger charge is -2.19. The molecule has 0 aliphatic carbocycles. The number of hydrogen-bond acceptors (Lipinski definition) is 6. The number of rotatable bonds is 8. The minimum atomic E-state index is -0.685. The Bertz CT molecular complexity index is 789. The van der Waals surface area contributed by atoms with Gasteiger partial charge in [0.2, 0.25) is 0 Å². The molecule has 0 unspecified atom stereocenters. The van der Waals surface area contributed by atoms with E-state index in [1.54, 1.807) is 0 Å². The number of anilines is 1. The molecule has 0 radical (unpaired) electrons. The lowest BCUT2D eigenvalue weighted by atomic mass is 9.87. The lowest BCUT2D eigenvalue weighted by Crippen LogP contribution is -2.06. The molecule has 0 aromatic heterocycles. The van der Waals surface area contributed by atoms with Gasteiger partial charge in [-0.25, -0.2) is 0 Å². The Kier molecular flexibility index (Phi) is 7.83. The SMILES string of the molecule is C/C(=C\C=N\Nc1ccc([N+](=O)[O-])cc1[N+](=O)[O-])CC/C=C(\C)C(C)(C)C. The molecule has 0 spiro atoms. The first kappa shape index (κ1) is 22.0. The van der Waals surface area contributed by atoms with Crippen molar-refractivity contribution in [2.45, 2.75) is 47.5 Å². The van der Waals surface area contributed by atoms with Gasteiger partial charge in [0.25, 0.3) is 5.69 Å². The van der Waals surface area contributed by atoms with Crippen molar-refractivity contribution < 1.29 is 9.85 Å². The molecule has 1 aromatic rings. The summed E-state index contributed by atoms with van der Waals surface area (Å²) in [5, 5.41) is 25.7. The fourth-order valence-corrected chi connectivity index (χ4v) is 2.06. The highest BCUT2D eigenvalue weighted by Gasteiger charge is 2.19. The molecule has 0 aliphatic heterocycles. The highest BCUT2D eigenvalue weighted by atomic mass is 16.6. The molecule has 0 fully saturated rings. The molecule has 0 heterocycles. The van der Waals surface area contributed by atoms with Gasteiger partial charge in [0.1, 0.15) is 5.69 Å². The smallest absolute Gasteiger partial charge is 0.272 e. The fourth-order valence-electron chi connectivity index (χ4n) is 2.06. The van der Waals surface area contributed by atoms with Crippen molar-refractivity contribution in [2.75, 3.05) is 5.43 Å². The average molecular weight is 374 g/mol. The van der Waals surface area contributed by atoms with Gasteiger partial charge >= 0.3 is 5.69 Å². The topological polar surface area (TPSA) is 111 Å². The summed E-state index contributed by atoms with van der Waals surface area (Å²) in [7, 11) is 0. The van der Waals surface area contributed by atoms with Crippen molar-refractivity contribution >= 4 is 23.3 Å². The first-order valence-electron chi connectivity index (χ1n) is 8.57. The molecule has 146 valence electrons. The highest BCUT2D eigenvalue weighted by Crippen LogP contribution is 2.29. The Morgan fingerprint density at radius 3 is 2.41 bits per heavy atom. The maximum atomic E-state index is 11.1. The minimum Gasteiger partial charge on any atom is -0.272 e. The summed E-state index contributed by atoms with van der Waals surface area (Å²) >= 11 is 0. The van der Waals surface area contributed by atoms with E-state index in [2.05, 4.69) is 44.3 Å². The van der Waals surface area contributed by atoms with E-state index >= 15 is 0 Å². The third kappa shape index (κ3) is 7.39. The number of hydrazone groups is 1. The number of allylic oxidation sites excluding steroid dienone is 4. The summed E-state index contributed by atoms with van der Waals surface area (Å²) in [5.41, 5.74) is 4.55. The van der Waals surface area contributed by atoms with E-state index in [-0.39, 0.29) is 16.8 Å². The van der Waals surface area contributed by atoms with E-state index in [0.29, 0.717) is 0 Å². The van der Waals surface area contributed by atoms with E-state index in [4.69, 9.17) is 0 Å². The normalized spacial score (nSPS) is 13.1. The molecule has 1 rings (SSSR count). The molecule has 0 amide bonds. The second kappa shape index (κ2) is 9.61. The molecule has 27 heavy (non-hydrogen) atoms. The molecule has 8 nitrogen and oxygen atoms in total. The predicted octanol–water partition coefficient (Wildman–Crippen LogP) is 5.62. The number of nitrogens with zero attached hydrogens (tertiary/aromatic N) is 3. The molecule has 8 heteroatoms. The van der Waals surface area contributed by atoms with E-state index < -0.39 is 15.5 Å². The van der Waals surface area contributed by atoms with Crippen LogP contribution in [-0.2, 0) is 0 Å². The Morgan fingerprint density at radius 2 is 1.85 bits per heavy atom. The largest absolute Gasteiger partial charge is 0.301 e. The van der Waals surface area contributed by atoms with Crippen LogP contribution in [0.4, 0.5) is 17.1 Å². The van der Waals surface area contributed by atoms with Gasteiger partial charge in [-0.3, -0.25) is 25.7 Å². The Morgan fingerprint density at radius 1 is 1.19 bits per heavy atom. The number of nitro groups is 2. The van der Waals surface area contributed by atoms with Crippen molar-refractivity contribution in [3.05, 3.63) is 61.7 Å². The van der Waals surface area contributed by atoms with Gasteiger partial charge < -0.3 is 0 Å². The molecule has 0 aliphatic rings. The van der Waals surface area contributed by atoms with Crippen LogP contribution in [0.1, 0.15) is 47.5 Å². The van der Waals surface area contributed by atoms with Gasteiger partial charge in [-0.05, 0) is 44.2 Å². The fraction of sp³-hybridized carbons (Fsp3) is 0.421. The van der Waals surface area contributed by atoms with E-state index in [0.717, 1.165) is 24.5 Å². The van der Waals surface area contributed by atoms with Crippen molar-refractivity contribution in [1.82, 2.24) is 0 Å². The zero-order valence-corrected chi connectivity index (χ0v) is 16.4. The summed E-state index contributed by atoms with van der Waals surface area (Å²) in [4.78, 5) is 20.4. The first-order chi connectivity index (χ1) is 12.5. The van der Waals surface area contributed by atoms with Crippen molar-refractivity contribution in [1.29, 1.82) is 0 Å². The second-order valence-corrected chi connectivity index (χ2v) is 7.29. The second-order valence-electron chi connectivity index (χ2n) is 7.29. The lowest BCUT2D eigenvalue weighted by molar-refractivity contribution is -0.393. The molecular formula is C19H26N4O4. The van der Waals surface area contributed by atoms with Gasteiger partial charge in [0.05, 0.1) is 15.9 Å². The highest BCUT2D eigenvalue weighted by molar-refractivity contribution is 5.74. The number of hydrogen-bond donors (Lipinski definition) is 1. The van der Waals surface area contributed by atoms with Crippen molar-refractivity contribution in [3.8, 4) is 0 Å². The number of non-ortho nitro benzene ring substituents is 1. The summed E-state index contributed by atoms with van der Waals surface area (Å²) in [6.07, 6.45) is 7.38. The Labute approximate surface area is 159 Å². The standard InChI is InChI=1S/C19H26N4O4/c1-14(7-6-8-15(2)19(3,4)5)11-12-20-21-17-10-9-16(22(24)25)13-18(17)23(26)27/h8-13,21H,6-7H2,1-5H3/b14-11+,15-8+,20-12+. The number of nitro benzene ring substituents is 2. The zero-order valence-electron chi connectivity index (χ0n) is 16.4. The quantitative estimate of drug-likeness (QED) is 0.275. The van der Waals surface area contributed by atoms with E-state index in [9.17, 15) is 20.2 Å². The molecule has 0 atom stereocenters. The monoisotopic (exact) mass is 374 g/mol. The van der Waals surface area contributed by atoms with Crippen LogP contribution in [0, 0.1) is 25.6 Å². The van der Waals surface area contributed by atoms with Crippen LogP contribution in [0.15, 0.2) is 46.6 Å². The zero-order chi connectivity index (χ0) is 20.6. The third-order valence-electron chi connectivity index (χ3n) is 4.18. The van der Waals surface area contributed by atoms with Gasteiger partial charge in [0.15, 0.2) is 0 Å². The maximum Gasteiger partial charge on any atom is 0.301 e. The van der Waals surface area contributed by atoms with E-state index in [1.807, 2.05) is 13.0 Å². The van der Waals surface area contributed by atoms with Crippen LogP contribution < -0.4 is 5.43 Å². The molecule has 0 saturated heterocycles. The predicted molar refractivity (Wildman–Crippen MR) is 108 cm³/mol. The molecule has 0 saturated carbocycles. The van der Waals surface area contributed by atoms with Crippen LogP contribution in [0.2, 0.25) is 0 Å². The van der Waals surface area contributed by atoms with Crippen LogP contribution in [-0.4, -0.2) is 16.1 Å². The number of nitrogens with one attached hydrogen (secondary N) is 1. The first-order valence-corrected chi connectivity index (χ1v) is 8.57. The molecule has 0 bridgehead atoms. The Balaban J connectivity index is 2.70. The van der Waals surface area contributed by atoms with Crippen molar-refractivity contribution in [2.24, 2.45) is 10.5 Å². The average Bonchev–Trinajstić information content (AvgIpc) is 2.57. The molecular weight excluding hydrogens is 348 g/mol. The maximum absolute atomic E-state index is 11.1. The summed E-state index contributed by atoms with van der Waals surface area (Å²) in [6.45, 7) is 10.6. The minimum absolute atomic E-state index is 0.0941. The Hall–Kier alpha value is -3.03. The summed E-state index contributed by atoms with van der Waals surface area (Å²) in [5.74, 6) is 0. The number of benzene rings is 1. The van der Waals surface area contributed by atoms with Gasteiger partial charge in [0, 0.05) is 12.3 Å². The van der Waals surface area contributed by atoms with Crippen molar-refractivity contribution in [3.63, 3.8) is 0 Å². The summed E-state index contributed by atoms with van der Waals surface area (Å²) < 4.78 is 0. The van der Waals surface area contributed by atoms with Crippen LogP contribution in [0.25, 0.3) is 0 Å². The molecule has 1 N–H and O–H groups in total. The van der Waals surface area contributed by atoms with Crippen LogP contribution >= 0.6 is 0 Å². The van der Waals surface area contributed by atoms with Crippen LogP contribution in [0.5, 0.6) is 0 Å². The van der Waals surface area contributed by atoms with Gasteiger partial charge in [-0.2, -0.15) is 5.10 Å². The summed E-state index contributed by atoms with van der Waals surface area (Å²) in [6, 6.07) is 3.36. The van der Waals surface area contributed by atoms with Gasteiger partial charge in [-0.15, -0.1) is 0 Å². The third-order valence-corrected chi connectivity index (χ3v) is 4.18. The van der Waals surface area contributed by atoms with E-state index in [1.165, 1.54) is 23.9 Å². The van der Waals surface area contributed by atoms with Crippen LogP contribution in [0.3, 0.4) is 0 Å². The van der Waals surface area contributed by atoms with Gasteiger partial charge in [-0.1, -0.05) is 38.0 Å². The molecule has 1 aromatic carbocycles.